The lowest BCUT2D eigenvalue weighted by atomic mass is 9.91. The minimum Gasteiger partial charge on any atom is -0.478 e. The van der Waals surface area contributed by atoms with E-state index in [0.717, 1.165) is 0 Å². The maximum Gasteiger partial charge on any atom is 0.336 e. The number of benzene rings is 3. The number of carbonyl (C=O) groups is 1. The van der Waals surface area contributed by atoms with Gasteiger partial charge in [0.2, 0.25) is 0 Å². The number of hydrogen-bond acceptors (Lipinski definition) is 5. The van der Waals surface area contributed by atoms with Crippen molar-refractivity contribution in [1.29, 1.82) is 0 Å². The molecule has 2 aromatic rings. The Balaban J connectivity index is 2.21. The second-order valence-corrected chi connectivity index (χ2v) is 5.76. The van der Waals surface area contributed by atoms with E-state index in [1.165, 1.54) is 30.3 Å². The van der Waals surface area contributed by atoms with E-state index >= 15 is 0 Å². The van der Waals surface area contributed by atoms with Crippen molar-refractivity contribution >= 4 is 22.6 Å². The van der Waals surface area contributed by atoms with Crippen LogP contribution >= 0.6 is 0 Å². The third-order valence-electron chi connectivity index (χ3n) is 4.21. The molecule has 126 valence electrons. The van der Waals surface area contributed by atoms with Crippen molar-refractivity contribution in [2.24, 2.45) is 5.18 Å². The highest BCUT2D eigenvalue weighted by molar-refractivity contribution is 6.07. The van der Waals surface area contributed by atoms with Crippen LogP contribution in [0.25, 0.3) is 33.4 Å². The van der Waals surface area contributed by atoms with Gasteiger partial charge >= 0.3 is 5.97 Å². The van der Waals surface area contributed by atoms with Gasteiger partial charge in [-0.2, -0.15) is 0 Å². The maximum absolute atomic E-state index is 11.7. The number of rotatable bonds is 3. The predicted molar refractivity (Wildman–Crippen MR) is 97.0 cm³/mol. The first kappa shape index (κ1) is 15.7. The zero-order valence-electron chi connectivity index (χ0n) is 13.3. The number of carboxylic acid groups (broad SMARTS) is 1. The van der Waals surface area contributed by atoms with Crippen LogP contribution in [0.2, 0.25) is 0 Å². The topological polar surface area (TPSA) is 96.9 Å². The third-order valence-corrected chi connectivity index (χ3v) is 4.21. The summed E-state index contributed by atoms with van der Waals surface area (Å²) in [5, 5.41) is 13.1. The summed E-state index contributed by atoms with van der Waals surface area (Å²) in [6.45, 7) is 0. The first-order valence-electron chi connectivity index (χ1n) is 7.75. The SMILES string of the molecule is O=Nc1ccc2c(-c3ccccc3C(=O)O)c3ccc(=O)cc-3oc2c1. The molecule has 0 unspecified atom stereocenters. The van der Waals surface area contributed by atoms with Crippen molar-refractivity contribution in [2.75, 3.05) is 0 Å². The Morgan fingerprint density at radius 1 is 0.962 bits per heavy atom. The summed E-state index contributed by atoms with van der Waals surface area (Å²) in [6.07, 6.45) is 0. The van der Waals surface area contributed by atoms with Crippen LogP contribution in [0.15, 0.2) is 75.1 Å². The Kier molecular flexibility index (Phi) is 3.58. The molecule has 2 aliphatic rings. The lowest BCUT2D eigenvalue weighted by Crippen LogP contribution is -2.03. The van der Waals surface area contributed by atoms with Crippen molar-refractivity contribution in [3.63, 3.8) is 0 Å². The highest BCUT2D eigenvalue weighted by Crippen LogP contribution is 2.41. The Morgan fingerprint density at radius 3 is 2.54 bits per heavy atom. The van der Waals surface area contributed by atoms with E-state index in [2.05, 4.69) is 5.18 Å². The van der Waals surface area contributed by atoms with Crippen LogP contribution in [0.4, 0.5) is 5.69 Å². The molecule has 0 aromatic heterocycles. The Labute approximate surface area is 146 Å². The Bertz CT molecular complexity index is 1210. The number of fused-ring (bicyclic) bond motifs is 2. The average Bonchev–Trinajstić information content (AvgIpc) is 2.65. The molecule has 26 heavy (non-hydrogen) atoms. The minimum atomic E-state index is -1.06. The first-order valence-corrected chi connectivity index (χ1v) is 7.75. The normalized spacial score (nSPS) is 10.9. The fourth-order valence-electron chi connectivity index (χ4n) is 3.09. The second-order valence-electron chi connectivity index (χ2n) is 5.76. The van der Waals surface area contributed by atoms with Gasteiger partial charge in [-0.05, 0) is 41.1 Å². The fourth-order valence-corrected chi connectivity index (χ4v) is 3.09. The van der Waals surface area contributed by atoms with Gasteiger partial charge in [0.25, 0.3) is 0 Å². The van der Waals surface area contributed by atoms with E-state index < -0.39 is 5.97 Å². The quantitative estimate of drug-likeness (QED) is 0.430. The summed E-state index contributed by atoms with van der Waals surface area (Å²) < 4.78 is 5.79. The van der Waals surface area contributed by atoms with Gasteiger partial charge in [0.1, 0.15) is 17.0 Å². The van der Waals surface area contributed by atoms with Crippen LogP contribution in [0.1, 0.15) is 10.4 Å². The van der Waals surface area contributed by atoms with Crippen LogP contribution in [-0.2, 0) is 0 Å². The largest absolute Gasteiger partial charge is 0.478 e. The number of carboxylic acids is 1. The van der Waals surface area contributed by atoms with Gasteiger partial charge in [0.05, 0.1) is 5.56 Å². The highest BCUT2D eigenvalue weighted by atomic mass is 16.4. The molecular formula is C20H11NO5. The molecule has 6 nitrogen and oxygen atoms in total. The van der Waals surface area contributed by atoms with Gasteiger partial charge in [-0.3, -0.25) is 4.79 Å². The zero-order chi connectivity index (χ0) is 18.3. The summed E-state index contributed by atoms with van der Waals surface area (Å²) in [5.41, 5.74) is 2.14. The molecule has 1 N–H and O–H groups in total. The summed E-state index contributed by atoms with van der Waals surface area (Å²) in [7, 11) is 0. The molecule has 6 heteroatoms. The molecule has 0 amide bonds. The van der Waals surface area contributed by atoms with Crippen LogP contribution in [0, 0.1) is 4.91 Å². The number of nitroso groups, excluding NO2 is 1. The Morgan fingerprint density at radius 2 is 1.77 bits per heavy atom. The smallest absolute Gasteiger partial charge is 0.336 e. The minimum absolute atomic E-state index is 0.130. The molecule has 0 spiro atoms. The van der Waals surface area contributed by atoms with E-state index in [9.17, 15) is 19.6 Å². The van der Waals surface area contributed by atoms with Gasteiger partial charge in [-0.15, -0.1) is 4.91 Å². The van der Waals surface area contributed by atoms with Gasteiger partial charge < -0.3 is 9.52 Å². The number of hydrogen-bond donors (Lipinski definition) is 1. The van der Waals surface area contributed by atoms with Crippen molar-refractivity contribution in [1.82, 2.24) is 0 Å². The predicted octanol–water partition coefficient (Wildman–Crippen LogP) is 4.66. The van der Waals surface area contributed by atoms with Crippen molar-refractivity contribution < 1.29 is 14.3 Å². The number of aromatic carboxylic acids is 1. The van der Waals surface area contributed by atoms with Gasteiger partial charge in [-0.25, -0.2) is 4.79 Å². The molecule has 1 aliphatic heterocycles. The van der Waals surface area contributed by atoms with E-state index in [1.54, 1.807) is 30.3 Å². The molecule has 0 saturated carbocycles. The summed E-state index contributed by atoms with van der Waals surface area (Å²) in [6, 6.07) is 15.6. The van der Waals surface area contributed by atoms with Crippen LogP contribution < -0.4 is 5.43 Å². The number of nitrogens with zero attached hydrogens (tertiary/aromatic N) is 1. The molecule has 2 aromatic carbocycles. The molecule has 0 saturated heterocycles. The van der Waals surface area contributed by atoms with E-state index in [1.807, 2.05) is 0 Å². The maximum atomic E-state index is 11.7. The lowest BCUT2D eigenvalue weighted by Gasteiger charge is -2.16. The van der Waals surface area contributed by atoms with Crippen molar-refractivity contribution in [3.8, 4) is 22.5 Å². The van der Waals surface area contributed by atoms with Gasteiger partial charge in [0, 0.05) is 28.6 Å². The molecule has 1 aliphatic carbocycles. The van der Waals surface area contributed by atoms with Gasteiger partial charge in [0.15, 0.2) is 5.43 Å². The Hall–Kier alpha value is -3.80. The third kappa shape index (κ3) is 2.44. The monoisotopic (exact) mass is 345 g/mol. The van der Waals surface area contributed by atoms with E-state index in [-0.39, 0.29) is 16.7 Å². The fraction of sp³-hybridized carbons (Fsp3) is 0. The molecule has 0 bridgehead atoms. The lowest BCUT2D eigenvalue weighted by molar-refractivity contribution is 0.0697. The van der Waals surface area contributed by atoms with Crippen molar-refractivity contribution in [3.05, 3.63) is 81.4 Å². The van der Waals surface area contributed by atoms with Crippen LogP contribution in [0.5, 0.6) is 0 Å². The van der Waals surface area contributed by atoms with E-state index in [4.69, 9.17) is 4.42 Å². The first-order chi connectivity index (χ1) is 12.6. The summed E-state index contributed by atoms with van der Waals surface area (Å²) >= 11 is 0. The molecule has 4 rings (SSSR count). The molecule has 0 atom stereocenters. The van der Waals surface area contributed by atoms with Gasteiger partial charge in [-0.1, -0.05) is 18.2 Å². The second kappa shape index (κ2) is 5.93. The summed E-state index contributed by atoms with van der Waals surface area (Å²) in [5.74, 6) is -0.752. The van der Waals surface area contributed by atoms with E-state index in [0.29, 0.717) is 33.4 Å². The molecule has 0 radical (unpaired) electrons. The molecular weight excluding hydrogens is 334 g/mol. The summed E-state index contributed by atoms with van der Waals surface area (Å²) in [4.78, 5) is 34.3. The van der Waals surface area contributed by atoms with Crippen LogP contribution in [0.3, 0.4) is 0 Å². The zero-order valence-corrected chi connectivity index (χ0v) is 13.3. The average molecular weight is 345 g/mol. The molecule has 0 fully saturated rings. The highest BCUT2D eigenvalue weighted by Gasteiger charge is 2.21. The van der Waals surface area contributed by atoms with Crippen molar-refractivity contribution in [2.45, 2.75) is 0 Å². The molecule has 1 heterocycles. The standard InChI is InChI=1S/C20H11NO5/c22-12-6-8-16-18(10-12)26-17-9-11(21-25)5-7-15(17)19(16)13-3-1-2-4-14(13)20(23)24/h1-10H,(H,23,24). The van der Waals surface area contributed by atoms with Crippen LogP contribution in [-0.4, -0.2) is 11.1 Å².